The van der Waals surface area contributed by atoms with Gasteiger partial charge < -0.3 is 4.74 Å². The van der Waals surface area contributed by atoms with Gasteiger partial charge in [-0.25, -0.2) is 0 Å². The third-order valence-corrected chi connectivity index (χ3v) is 7.65. The van der Waals surface area contributed by atoms with Gasteiger partial charge in [-0.2, -0.15) is 5.26 Å². The molecule has 2 heteroatoms. The van der Waals surface area contributed by atoms with E-state index in [9.17, 15) is 5.26 Å². The Labute approximate surface area is 141 Å². The molecule has 3 aliphatic rings. The van der Waals surface area contributed by atoms with Gasteiger partial charge in [0.05, 0.1) is 17.2 Å². The minimum absolute atomic E-state index is 0.256. The van der Waals surface area contributed by atoms with Gasteiger partial charge in [0.1, 0.15) is 6.10 Å². The maximum Gasteiger partial charge on any atom is 0.104 e. The lowest BCUT2D eigenvalue weighted by atomic mass is 9.69. The number of nitriles is 1. The quantitative estimate of drug-likeness (QED) is 0.677. The highest BCUT2D eigenvalue weighted by molar-refractivity contribution is 5.27. The van der Waals surface area contributed by atoms with Crippen LogP contribution >= 0.6 is 0 Å². The van der Waals surface area contributed by atoms with Crippen LogP contribution in [0.5, 0.6) is 0 Å². The molecule has 0 aromatic rings. The first kappa shape index (κ1) is 16.6. The molecule has 4 atom stereocenters. The number of nitrogens with zero attached hydrogens (tertiary/aromatic N) is 1. The van der Waals surface area contributed by atoms with Gasteiger partial charge in [0.15, 0.2) is 0 Å². The Morgan fingerprint density at radius 2 is 1.96 bits per heavy atom. The summed E-state index contributed by atoms with van der Waals surface area (Å²) in [5.74, 6) is 2.13. The molecular weight excluding hydrogens is 282 g/mol. The summed E-state index contributed by atoms with van der Waals surface area (Å²) in [6, 6.07) is 2.48. The van der Waals surface area contributed by atoms with E-state index in [1.54, 1.807) is 0 Å². The smallest absolute Gasteiger partial charge is 0.104 e. The fourth-order valence-electron chi connectivity index (χ4n) is 5.25. The second kappa shape index (κ2) is 5.13. The maximum absolute atomic E-state index is 9.49. The molecule has 2 bridgehead atoms. The van der Waals surface area contributed by atoms with Gasteiger partial charge in [-0.05, 0) is 57.4 Å². The summed E-state index contributed by atoms with van der Waals surface area (Å²) in [5, 5.41) is 9.49. The molecule has 0 amide bonds. The van der Waals surface area contributed by atoms with Crippen molar-refractivity contribution in [1.29, 1.82) is 5.26 Å². The van der Waals surface area contributed by atoms with Gasteiger partial charge in [-0.1, -0.05) is 32.4 Å². The van der Waals surface area contributed by atoms with Gasteiger partial charge in [0.25, 0.3) is 0 Å². The maximum atomic E-state index is 9.49. The second-order valence-corrected chi connectivity index (χ2v) is 9.35. The SMILES string of the molecule is CC1=CC=C(O[C@@H]2C[C@H]3CC[C@]2(C)C3(C)C)C[C@@H]1C(C)(C)C#N. The van der Waals surface area contributed by atoms with Crippen molar-refractivity contribution in [2.45, 2.75) is 73.3 Å². The number of rotatable bonds is 3. The molecule has 2 nitrogen and oxygen atoms in total. The molecular formula is C21H31NO. The minimum Gasteiger partial charge on any atom is -0.494 e. The molecule has 126 valence electrons. The predicted molar refractivity (Wildman–Crippen MR) is 93.4 cm³/mol. The highest BCUT2D eigenvalue weighted by atomic mass is 16.5. The van der Waals surface area contributed by atoms with Crippen LogP contribution in [0.3, 0.4) is 0 Å². The molecule has 0 saturated heterocycles. The highest BCUT2D eigenvalue weighted by Gasteiger charge is 2.62. The van der Waals surface area contributed by atoms with Gasteiger partial charge in [-0.15, -0.1) is 0 Å². The zero-order valence-electron chi connectivity index (χ0n) is 15.6. The van der Waals surface area contributed by atoms with Crippen LogP contribution in [-0.4, -0.2) is 6.10 Å². The van der Waals surface area contributed by atoms with Crippen molar-refractivity contribution in [1.82, 2.24) is 0 Å². The van der Waals surface area contributed by atoms with E-state index in [-0.39, 0.29) is 16.7 Å². The zero-order chi connectivity index (χ0) is 17.0. The molecule has 0 aromatic heterocycles. The molecule has 3 rings (SSSR count). The molecule has 0 N–H and O–H groups in total. The van der Waals surface area contributed by atoms with E-state index in [1.807, 2.05) is 13.8 Å². The van der Waals surface area contributed by atoms with Crippen molar-refractivity contribution in [3.63, 3.8) is 0 Å². The van der Waals surface area contributed by atoms with Crippen LogP contribution in [-0.2, 0) is 4.74 Å². The summed E-state index contributed by atoms with van der Waals surface area (Å²) >= 11 is 0. The van der Waals surface area contributed by atoms with Crippen LogP contribution in [0.1, 0.15) is 67.2 Å². The Balaban J connectivity index is 1.77. The number of ether oxygens (including phenoxy) is 1. The normalized spacial score (nSPS) is 38.7. The van der Waals surface area contributed by atoms with Crippen molar-refractivity contribution >= 4 is 0 Å². The topological polar surface area (TPSA) is 33.0 Å². The Bertz CT molecular complexity index is 604. The highest BCUT2D eigenvalue weighted by Crippen LogP contribution is 2.66. The third-order valence-electron chi connectivity index (χ3n) is 7.65. The minimum atomic E-state index is -0.346. The van der Waals surface area contributed by atoms with Crippen LogP contribution in [0.2, 0.25) is 0 Å². The first-order chi connectivity index (χ1) is 10.6. The van der Waals surface area contributed by atoms with Crippen molar-refractivity contribution in [2.24, 2.45) is 28.1 Å². The molecule has 3 aliphatic carbocycles. The molecule has 0 heterocycles. The lowest BCUT2D eigenvalue weighted by Crippen LogP contribution is -2.37. The molecule has 2 fully saturated rings. The molecule has 2 saturated carbocycles. The Kier molecular flexibility index (Phi) is 3.71. The fourth-order valence-corrected chi connectivity index (χ4v) is 5.25. The number of hydrogen-bond donors (Lipinski definition) is 0. The van der Waals surface area contributed by atoms with E-state index >= 15 is 0 Å². The standard InChI is InChI=1S/C21H31NO/c1-14-7-8-16(12-17(14)19(2,3)13-22)23-18-11-15-9-10-21(18,6)20(15,4)5/h7-8,15,17-18H,9-12H2,1-6H3/t15-,17+,18-,21+/m1/s1. The van der Waals surface area contributed by atoms with Gasteiger partial charge in [0.2, 0.25) is 0 Å². The second-order valence-electron chi connectivity index (χ2n) is 9.35. The zero-order valence-corrected chi connectivity index (χ0v) is 15.6. The van der Waals surface area contributed by atoms with E-state index in [1.165, 1.54) is 24.8 Å². The van der Waals surface area contributed by atoms with Gasteiger partial charge >= 0.3 is 0 Å². The van der Waals surface area contributed by atoms with Crippen LogP contribution in [0.4, 0.5) is 0 Å². The largest absolute Gasteiger partial charge is 0.494 e. The number of fused-ring (bicyclic) bond motifs is 2. The van der Waals surface area contributed by atoms with Gasteiger partial charge in [0, 0.05) is 17.8 Å². The van der Waals surface area contributed by atoms with E-state index in [0.717, 1.165) is 18.1 Å². The van der Waals surface area contributed by atoms with Crippen molar-refractivity contribution in [3.05, 3.63) is 23.5 Å². The summed E-state index contributed by atoms with van der Waals surface area (Å²) in [7, 11) is 0. The van der Waals surface area contributed by atoms with Crippen molar-refractivity contribution < 1.29 is 4.74 Å². The average Bonchev–Trinajstić information content (AvgIpc) is 2.82. The monoisotopic (exact) mass is 313 g/mol. The van der Waals surface area contributed by atoms with E-state index in [0.29, 0.717) is 11.5 Å². The van der Waals surface area contributed by atoms with Crippen molar-refractivity contribution in [2.75, 3.05) is 0 Å². The molecule has 23 heavy (non-hydrogen) atoms. The predicted octanol–water partition coefficient (Wildman–Crippen LogP) is 5.62. The van der Waals surface area contributed by atoms with E-state index < -0.39 is 0 Å². The summed E-state index contributed by atoms with van der Waals surface area (Å²) in [6.45, 7) is 13.5. The summed E-state index contributed by atoms with van der Waals surface area (Å²) in [6.07, 6.45) is 9.32. The molecule has 0 radical (unpaired) electrons. The average molecular weight is 313 g/mol. The third kappa shape index (κ3) is 2.35. The summed E-state index contributed by atoms with van der Waals surface area (Å²) in [5.41, 5.74) is 1.61. The van der Waals surface area contributed by atoms with E-state index in [4.69, 9.17) is 4.74 Å². The Hall–Kier alpha value is -1.23. The lowest BCUT2D eigenvalue weighted by Gasteiger charge is -2.40. The molecule has 0 aliphatic heterocycles. The Morgan fingerprint density at radius 3 is 2.48 bits per heavy atom. The fraction of sp³-hybridized carbons (Fsp3) is 0.762. The summed E-state index contributed by atoms with van der Waals surface area (Å²) < 4.78 is 6.55. The Morgan fingerprint density at radius 1 is 1.26 bits per heavy atom. The molecule has 0 unspecified atom stereocenters. The van der Waals surface area contributed by atoms with Crippen LogP contribution in [0, 0.1) is 39.4 Å². The first-order valence-electron chi connectivity index (χ1n) is 9.07. The van der Waals surface area contributed by atoms with Crippen LogP contribution in [0.15, 0.2) is 23.5 Å². The number of hydrogen-bond acceptors (Lipinski definition) is 2. The van der Waals surface area contributed by atoms with Gasteiger partial charge in [-0.3, -0.25) is 0 Å². The molecule has 0 spiro atoms. The molecule has 0 aromatic carbocycles. The lowest BCUT2D eigenvalue weighted by molar-refractivity contribution is -0.0181. The number of allylic oxidation sites excluding steroid dienone is 4. The van der Waals surface area contributed by atoms with Crippen LogP contribution in [0.25, 0.3) is 0 Å². The van der Waals surface area contributed by atoms with E-state index in [2.05, 4.69) is 45.9 Å². The summed E-state index contributed by atoms with van der Waals surface area (Å²) in [4.78, 5) is 0. The first-order valence-corrected chi connectivity index (χ1v) is 9.07. The van der Waals surface area contributed by atoms with Crippen molar-refractivity contribution in [3.8, 4) is 6.07 Å². The van der Waals surface area contributed by atoms with Crippen LogP contribution < -0.4 is 0 Å².